The van der Waals surface area contributed by atoms with Gasteiger partial charge in [0, 0.05) is 25.7 Å². The van der Waals surface area contributed by atoms with Crippen molar-refractivity contribution < 1.29 is 4.74 Å². The average Bonchev–Trinajstić information content (AvgIpc) is 2.28. The lowest BCUT2D eigenvalue weighted by molar-refractivity contribution is 0.177. The maximum absolute atomic E-state index is 5.26. The number of nitrogens with zero attached hydrogens (tertiary/aromatic N) is 1. The molecule has 0 saturated carbocycles. The number of likely N-dealkylation sites (tertiary alicyclic amines) is 1. The molecule has 2 unspecified atom stereocenters. The Kier molecular flexibility index (Phi) is 6.77. The van der Waals surface area contributed by atoms with Gasteiger partial charge in [-0.05, 0) is 45.6 Å². The van der Waals surface area contributed by atoms with Crippen molar-refractivity contribution in [3.63, 3.8) is 0 Å². The molecule has 0 aromatic carbocycles. The fraction of sp³-hybridized carbons (Fsp3) is 0.917. The third-order valence-electron chi connectivity index (χ3n) is 3.21. The van der Waals surface area contributed by atoms with Gasteiger partial charge in [0.15, 0.2) is 5.11 Å². The summed E-state index contributed by atoms with van der Waals surface area (Å²) < 4.78 is 5.06. The van der Waals surface area contributed by atoms with Crippen LogP contribution in [-0.4, -0.2) is 55.9 Å². The SMILES string of the molecule is COCC(C)NC(=S)NCC1CCCCN1C. The van der Waals surface area contributed by atoms with Crippen molar-refractivity contribution in [3.8, 4) is 0 Å². The van der Waals surface area contributed by atoms with Gasteiger partial charge in [-0.2, -0.15) is 0 Å². The molecule has 1 fully saturated rings. The molecule has 17 heavy (non-hydrogen) atoms. The van der Waals surface area contributed by atoms with E-state index in [0.29, 0.717) is 12.6 Å². The third kappa shape index (κ3) is 5.66. The molecule has 2 atom stereocenters. The van der Waals surface area contributed by atoms with E-state index in [1.807, 2.05) is 0 Å². The molecule has 0 spiro atoms. The summed E-state index contributed by atoms with van der Waals surface area (Å²) in [6, 6.07) is 0.866. The number of likely N-dealkylation sites (N-methyl/N-ethyl adjacent to an activating group) is 1. The predicted octanol–water partition coefficient (Wildman–Crippen LogP) is 0.970. The summed E-state index contributed by atoms with van der Waals surface area (Å²) in [6.07, 6.45) is 3.91. The van der Waals surface area contributed by atoms with Crippen LogP contribution in [0.3, 0.4) is 0 Å². The Labute approximate surface area is 110 Å². The van der Waals surface area contributed by atoms with Crippen molar-refractivity contribution in [1.29, 1.82) is 0 Å². The second-order valence-corrected chi connectivity index (χ2v) is 5.25. The molecule has 0 bridgehead atoms. The molecule has 1 heterocycles. The summed E-state index contributed by atoms with van der Waals surface area (Å²) in [5.74, 6) is 0. The minimum atomic E-state index is 0.254. The maximum atomic E-state index is 5.26. The summed E-state index contributed by atoms with van der Waals surface area (Å²) >= 11 is 5.26. The molecule has 1 aliphatic heterocycles. The van der Waals surface area contributed by atoms with Crippen molar-refractivity contribution in [2.75, 3.05) is 33.9 Å². The van der Waals surface area contributed by atoms with Gasteiger partial charge in [-0.15, -0.1) is 0 Å². The first kappa shape index (κ1) is 14.7. The molecule has 5 heteroatoms. The highest BCUT2D eigenvalue weighted by atomic mass is 32.1. The molecule has 0 aliphatic carbocycles. The number of ether oxygens (including phenoxy) is 1. The van der Waals surface area contributed by atoms with Crippen molar-refractivity contribution in [2.24, 2.45) is 0 Å². The van der Waals surface area contributed by atoms with Gasteiger partial charge in [-0.25, -0.2) is 0 Å². The molecular weight excluding hydrogens is 234 g/mol. The fourth-order valence-corrected chi connectivity index (χ4v) is 2.46. The third-order valence-corrected chi connectivity index (χ3v) is 3.48. The zero-order valence-corrected chi connectivity index (χ0v) is 12.0. The number of rotatable bonds is 5. The summed E-state index contributed by atoms with van der Waals surface area (Å²) in [6.45, 7) is 4.87. The van der Waals surface area contributed by atoms with E-state index in [4.69, 9.17) is 17.0 Å². The fourth-order valence-electron chi connectivity index (χ4n) is 2.18. The van der Waals surface area contributed by atoms with Gasteiger partial charge < -0.3 is 20.3 Å². The van der Waals surface area contributed by atoms with Crippen molar-refractivity contribution in [2.45, 2.75) is 38.3 Å². The van der Waals surface area contributed by atoms with Crippen LogP contribution in [0.2, 0.25) is 0 Å². The Balaban J connectivity index is 2.18. The van der Waals surface area contributed by atoms with Crippen LogP contribution in [0.4, 0.5) is 0 Å². The van der Waals surface area contributed by atoms with Gasteiger partial charge in [0.1, 0.15) is 0 Å². The normalized spacial score (nSPS) is 23.1. The van der Waals surface area contributed by atoms with Gasteiger partial charge in [0.2, 0.25) is 0 Å². The van der Waals surface area contributed by atoms with Crippen LogP contribution in [0.25, 0.3) is 0 Å². The molecule has 100 valence electrons. The first-order valence-corrected chi connectivity index (χ1v) is 6.78. The van der Waals surface area contributed by atoms with E-state index in [-0.39, 0.29) is 6.04 Å². The van der Waals surface area contributed by atoms with Crippen molar-refractivity contribution in [1.82, 2.24) is 15.5 Å². The second-order valence-electron chi connectivity index (χ2n) is 4.84. The highest BCUT2D eigenvalue weighted by molar-refractivity contribution is 7.80. The minimum Gasteiger partial charge on any atom is -0.383 e. The molecule has 0 aromatic rings. The minimum absolute atomic E-state index is 0.254. The lowest BCUT2D eigenvalue weighted by atomic mass is 10.0. The Morgan fingerprint density at radius 1 is 1.53 bits per heavy atom. The largest absolute Gasteiger partial charge is 0.383 e. The van der Waals surface area contributed by atoms with E-state index in [0.717, 1.165) is 11.7 Å². The molecular formula is C12H25N3OS. The first-order valence-electron chi connectivity index (χ1n) is 6.37. The molecule has 0 aromatic heterocycles. The van der Waals surface area contributed by atoms with Crippen LogP contribution < -0.4 is 10.6 Å². The summed E-state index contributed by atoms with van der Waals surface area (Å²) in [4.78, 5) is 2.41. The van der Waals surface area contributed by atoms with Crippen LogP contribution in [0.15, 0.2) is 0 Å². The van der Waals surface area contributed by atoms with E-state index in [1.54, 1.807) is 7.11 Å². The van der Waals surface area contributed by atoms with Crippen LogP contribution in [-0.2, 0) is 4.74 Å². The van der Waals surface area contributed by atoms with Crippen LogP contribution in [0.1, 0.15) is 26.2 Å². The van der Waals surface area contributed by atoms with Gasteiger partial charge >= 0.3 is 0 Å². The van der Waals surface area contributed by atoms with Crippen molar-refractivity contribution >= 4 is 17.3 Å². The van der Waals surface area contributed by atoms with Gasteiger partial charge in [-0.1, -0.05) is 6.42 Å². The van der Waals surface area contributed by atoms with E-state index in [2.05, 4.69) is 29.5 Å². The van der Waals surface area contributed by atoms with Crippen molar-refractivity contribution in [3.05, 3.63) is 0 Å². The maximum Gasteiger partial charge on any atom is 0.166 e. The monoisotopic (exact) mass is 259 g/mol. The Hall–Kier alpha value is -0.390. The first-order chi connectivity index (χ1) is 8.13. The standard InChI is InChI=1S/C12H25N3OS/c1-10(9-16-3)14-12(17)13-8-11-6-4-5-7-15(11)2/h10-11H,4-9H2,1-3H3,(H2,13,14,17). The molecule has 1 saturated heterocycles. The molecule has 4 nitrogen and oxygen atoms in total. The second kappa shape index (κ2) is 7.84. The number of hydrogen-bond acceptors (Lipinski definition) is 3. The average molecular weight is 259 g/mol. The highest BCUT2D eigenvalue weighted by Crippen LogP contribution is 2.13. The zero-order chi connectivity index (χ0) is 12.7. The van der Waals surface area contributed by atoms with E-state index in [9.17, 15) is 0 Å². The van der Waals surface area contributed by atoms with E-state index >= 15 is 0 Å². The van der Waals surface area contributed by atoms with Crippen LogP contribution >= 0.6 is 12.2 Å². The van der Waals surface area contributed by atoms with Gasteiger partial charge in [0.05, 0.1) is 6.61 Å². The Bertz CT molecular complexity index is 238. The van der Waals surface area contributed by atoms with Crippen LogP contribution in [0, 0.1) is 0 Å². The lowest BCUT2D eigenvalue weighted by Crippen LogP contribution is -2.49. The highest BCUT2D eigenvalue weighted by Gasteiger charge is 2.18. The molecule has 1 aliphatic rings. The molecule has 0 radical (unpaired) electrons. The number of methoxy groups -OCH3 is 1. The summed E-state index contributed by atoms with van der Waals surface area (Å²) in [5.41, 5.74) is 0. The number of nitrogens with one attached hydrogen (secondary N) is 2. The molecule has 1 rings (SSSR count). The zero-order valence-electron chi connectivity index (χ0n) is 11.2. The van der Waals surface area contributed by atoms with E-state index in [1.165, 1.54) is 25.8 Å². The number of thiocarbonyl (C=S) groups is 1. The lowest BCUT2D eigenvalue weighted by Gasteiger charge is -2.33. The van der Waals surface area contributed by atoms with Gasteiger partial charge in [0.25, 0.3) is 0 Å². The molecule has 2 N–H and O–H groups in total. The topological polar surface area (TPSA) is 36.5 Å². The predicted molar refractivity (Wildman–Crippen MR) is 75.3 cm³/mol. The summed E-state index contributed by atoms with van der Waals surface area (Å²) in [5, 5.41) is 7.24. The molecule has 0 amide bonds. The Morgan fingerprint density at radius 2 is 2.29 bits per heavy atom. The van der Waals surface area contributed by atoms with E-state index < -0.39 is 0 Å². The van der Waals surface area contributed by atoms with Crippen LogP contribution in [0.5, 0.6) is 0 Å². The van der Waals surface area contributed by atoms with Gasteiger partial charge in [-0.3, -0.25) is 0 Å². The Morgan fingerprint density at radius 3 is 2.94 bits per heavy atom. The number of hydrogen-bond donors (Lipinski definition) is 2. The number of piperidine rings is 1. The summed E-state index contributed by atoms with van der Waals surface area (Å²) in [7, 11) is 3.89. The smallest absolute Gasteiger partial charge is 0.166 e. The quantitative estimate of drug-likeness (QED) is 0.720.